The van der Waals surface area contributed by atoms with Crippen LogP contribution in [0.3, 0.4) is 0 Å². The first-order valence-corrected chi connectivity index (χ1v) is 9.10. The van der Waals surface area contributed by atoms with Gasteiger partial charge < -0.3 is 15.2 Å². The van der Waals surface area contributed by atoms with Crippen LogP contribution in [0.4, 0.5) is 5.69 Å². The first-order valence-electron chi connectivity index (χ1n) is 9.10. The molecule has 0 saturated heterocycles. The number of ether oxygens (including phenoxy) is 1. The largest absolute Gasteiger partial charge is 0.503 e. The lowest BCUT2D eigenvalue weighted by atomic mass is 10.0. The molecule has 29 heavy (non-hydrogen) atoms. The van der Waals surface area contributed by atoms with Gasteiger partial charge in [-0.25, -0.2) is 4.98 Å². The molecule has 2 heterocycles. The molecule has 0 atom stereocenters. The Morgan fingerprint density at radius 3 is 2.66 bits per heavy atom. The van der Waals surface area contributed by atoms with E-state index in [0.29, 0.717) is 5.69 Å². The van der Waals surface area contributed by atoms with Gasteiger partial charge in [0.15, 0.2) is 17.2 Å². The molecule has 6 heteroatoms. The number of nitrogens with one attached hydrogen (secondary N) is 1. The summed E-state index contributed by atoms with van der Waals surface area (Å²) in [6, 6.07) is 19.2. The van der Waals surface area contributed by atoms with Crippen LogP contribution in [0.25, 0.3) is 10.9 Å². The van der Waals surface area contributed by atoms with E-state index in [9.17, 15) is 9.90 Å². The topological polar surface area (TPSA) is 84.3 Å². The lowest BCUT2D eigenvalue weighted by Gasteiger charge is -2.10. The number of carbonyl (C=O) groups is 1. The fraction of sp³-hybridized carbons (Fsp3) is 0.0870. The van der Waals surface area contributed by atoms with Gasteiger partial charge in [0, 0.05) is 29.5 Å². The summed E-state index contributed by atoms with van der Waals surface area (Å²) in [7, 11) is 1.42. The molecular formula is C23H19N3O3. The van der Waals surface area contributed by atoms with Gasteiger partial charge in [-0.3, -0.25) is 9.78 Å². The van der Waals surface area contributed by atoms with Crippen molar-refractivity contribution in [2.75, 3.05) is 12.4 Å². The Morgan fingerprint density at radius 1 is 1.03 bits per heavy atom. The zero-order valence-electron chi connectivity index (χ0n) is 15.8. The monoisotopic (exact) mass is 385 g/mol. The molecule has 144 valence electrons. The second-order valence-electron chi connectivity index (χ2n) is 6.58. The molecule has 2 aromatic heterocycles. The fourth-order valence-corrected chi connectivity index (χ4v) is 3.14. The van der Waals surface area contributed by atoms with Crippen LogP contribution in [-0.2, 0) is 6.42 Å². The third-order valence-corrected chi connectivity index (χ3v) is 4.57. The van der Waals surface area contributed by atoms with Crippen LogP contribution in [0.15, 0.2) is 73.1 Å². The van der Waals surface area contributed by atoms with E-state index in [2.05, 4.69) is 33.5 Å². The Morgan fingerprint density at radius 2 is 1.86 bits per heavy atom. The number of hydrogen-bond acceptors (Lipinski definition) is 5. The maximum Gasteiger partial charge on any atom is 0.278 e. The smallest absolute Gasteiger partial charge is 0.278 e. The normalized spacial score (nSPS) is 10.7. The van der Waals surface area contributed by atoms with Crippen molar-refractivity contribution < 1.29 is 14.6 Å². The lowest BCUT2D eigenvalue weighted by molar-refractivity contribution is 0.101. The summed E-state index contributed by atoms with van der Waals surface area (Å²) in [5.74, 6) is -0.618. The van der Waals surface area contributed by atoms with E-state index in [1.54, 1.807) is 6.07 Å². The van der Waals surface area contributed by atoms with E-state index >= 15 is 0 Å². The van der Waals surface area contributed by atoms with Crippen molar-refractivity contribution >= 4 is 22.5 Å². The number of methoxy groups -OCH3 is 1. The molecule has 0 aliphatic rings. The standard InChI is InChI=1S/C23H19N3O3/c1-29-20-9-10-24-21(22(20)27)23(28)26-18-7-8-19-17(13-18)12-16(14-25-19)11-15-5-3-2-4-6-15/h2-10,12-14,27H,11H2,1H3,(H,26,28). The third-order valence-electron chi connectivity index (χ3n) is 4.57. The number of aromatic nitrogens is 2. The number of hydrogen-bond donors (Lipinski definition) is 2. The fourth-order valence-electron chi connectivity index (χ4n) is 3.14. The number of rotatable bonds is 5. The van der Waals surface area contributed by atoms with Crippen LogP contribution in [0, 0.1) is 0 Å². The molecule has 0 radical (unpaired) electrons. The van der Waals surface area contributed by atoms with Gasteiger partial charge in [0.05, 0.1) is 12.6 Å². The number of pyridine rings is 2. The summed E-state index contributed by atoms with van der Waals surface area (Å²) in [5.41, 5.74) is 3.62. The van der Waals surface area contributed by atoms with Crippen molar-refractivity contribution in [1.82, 2.24) is 9.97 Å². The quantitative estimate of drug-likeness (QED) is 0.538. The molecule has 0 unspecified atom stereocenters. The maximum atomic E-state index is 12.5. The van der Waals surface area contributed by atoms with E-state index in [1.807, 2.05) is 36.5 Å². The average molecular weight is 385 g/mol. The van der Waals surface area contributed by atoms with Crippen molar-refractivity contribution in [2.45, 2.75) is 6.42 Å². The van der Waals surface area contributed by atoms with Crippen molar-refractivity contribution in [3.8, 4) is 11.5 Å². The molecule has 6 nitrogen and oxygen atoms in total. The van der Waals surface area contributed by atoms with E-state index in [-0.39, 0.29) is 17.2 Å². The first kappa shape index (κ1) is 18.4. The molecule has 0 bridgehead atoms. The zero-order valence-corrected chi connectivity index (χ0v) is 15.8. The van der Waals surface area contributed by atoms with Crippen molar-refractivity contribution in [3.05, 3.63) is 89.9 Å². The Balaban J connectivity index is 1.59. The van der Waals surface area contributed by atoms with Gasteiger partial charge >= 0.3 is 0 Å². The van der Waals surface area contributed by atoms with Gasteiger partial charge in [0.1, 0.15) is 0 Å². The summed E-state index contributed by atoms with van der Waals surface area (Å²) >= 11 is 0. The number of benzene rings is 2. The highest BCUT2D eigenvalue weighted by molar-refractivity contribution is 6.05. The number of carbonyl (C=O) groups excluding carboxylic acids is 1. The van der Waals surface area contributed by atoms with Gasteiger partial charge in [-0.15, -0.1) is 0 Å². The van der Waals surface area contributed by atoms with Crippen LogP contribution in [0.2, 0.25) is 0 Å². The minimum absolute atomic E-state index is 0.0969. The van der Waals surface area contributed by atoms with Crippen LogP contribution in [0.5, 0.6) is 11.5 Å². The number of aromatic hydroxyl groups is 1. The molecule has 4 aromatic rings. The molecule has 0 spiro atoms. The lowest BCUT2D eigenvalue weighted by Crippen LogP contribution is -2.14. The second kappa shape index (κ2) is 7.98. The summed E-state index contributed by atoms with van der Waals surface area (Å²) in [4.78, 5) is 21.0. The van der Waals surface area contributed by atoms with E-state index < -0.39 is 5.91 Å². The molecule has 0 fully saturated rings. The van der Waals surface area contributed by atoms with Gasteiger partial charge in [0.25, 0.3) is 5.91 Å². The third kappa shape index (κ3) is 4.01. The van der Waals surface area contributed by atoms with E-state index in [0.717, 1.165) is 22.9 Å². The molecular weight excluding hydrogens is 366 g/mol. The SMILES string of the molecule is COc1ccnc(C(=O)Nc2ccc3ncc(Cc4ccccc4)cc3c2)c1O. The van der Waals surface area contributed by atoms with Crippen molar-refractivity contribution in [2.24, 2.45) is 0 Å². The number of fused-ring (bicyclic) bond motifs is 1. The molecule has 0 saturated carbocycles. The maximum absolute atomic E-state index is 12.5. The molecule has 4 rings (SSSR count). The Hall–Kier alpha value is -3.93. The van der Waals surface area contributed by atoms with Crippen LogP contribution in [0.1, 0.15) is 21.6 Å². The minimum atomic E-state index is -0.519. The number of anilines is 1. The van der Waals surface area contributed by atoms with Crippen LogP contribution < -0.4 is 10.1 Å². The number of nitrogens with zero attached hydrogens (tertiary/aromatic N) is 2. The summed E-state index contributed by atoms with van der Waals surface area (Å²) < 4.78 is 5.03. The zero-order chi connectivity index (χ0) is 20.2. The summed E-state index contributed by atoms with van der Waals surface area (Å²) in [6.07, 6.45) is 4.06. The van der Waals surface area contributed by atoms with Gasteiger partial charge in [0.2, 0.25) is 0 Å². The summed E-state index contributed by atoms with van der Waals surface area (Å²) in [6.45, 7) is 0. The van der Waals surface area contributed by atoms with Crippen LogP contribution in [-0.4, -0.2) is 28.1 Å². The van der Waals surface area contributed by atoms with E-state index in [4.69, 9.17) is 4.74 Å². The highest BCUT2D eigenvalue weighted by atomic mass is 16.5. The highest BCUT2D eigenvalue weighted by Gasteiger charge is 2.17. The van der Waals surface area contributed by atoms with Gasteiger partial charge in [-0.05, 0) is 41.8 Å². The van der Waals surface area contributed by atoms with Gasteiger partial charge in [-0.1, -0.05) is 30.3 Å². The Labute approximate surface area is 167 Å². The molecule has 0 aliphatic heterocycles. The predicted octanol–water partition coefficient (Wildman–Crippen LogP) is 4.19. The predicted molar refractivity (Wildman–Crippen MR) is 111 cm³/mol. The number of amides is 1. The average Bonchev–Trinajstić information content (AvgIpc) is 2.74. The van der Waals surface area contributed by atoms with Crippen molar-refractivity contribution in [3.63, 3.8) is 0 Å². The highest BCUT2D eigenvalue weighted by Crippen LogP contribution is 2.28. The Bertz CT molecular complexity index is 1180. The van der Waals surface area contributed by atoms with Crippen molar-refractivity contribution in [1.29, 1.82) is 0 Å². The molecule has 1 amide bonds. The van der Waals surface area contributed by atoms with E-state index in [1.165, 1.54) is 24.9 Å². The minimum Gasteiger partial charge on any atom is -0.503 e. The van der Waals surface area contributed by atoms with Crippen LogP contribution >= 0.6 is 0 Å². The second-order valence-corrected chi connectivity index (χ2v) is 6.58. The first-order chi connectivity index (χ1) is 14.1. The van der Waals surface area contributed by atoms with Gasteiger partial charge in [-0.2, -0.15) is 0 Å². The molecule has 2 N–H and O–H groups in total. The molecule has 2 aromatic carbocycles. The molecule has 0 aliphatic carbocycles. The Kier molecular flexibility index (Phi) is 5.07. The summed E-state index contributed by atoms with van der Waals surface area (Å²) in [5, 5.41) is 13.8.